The quantitative estimate of drug-likeness (QED) is 0.729. The first-order chi connectivity index (χ1) is 8.34. The van der Waals surface area contributed by atoms with Gasteiger partial charge in [0.15, 0.2) is 0 Å². The molecule has 0 saturated carbocycles. The second-order valence-corrected chi connectivity index (χ2v) is 3.95. The highest BCUT2D eigenvalue weighted by molar-refractivity contribution is 5.84. The van der Waals surface area contributed by atoms with Crippen LogP contribution in [0.3, 0.4) is 0 Å². The minimum absolute atomic E-state index is 0.246. The van der Waals surface area contributed by atoms with Gasteiger partial charge in [0, 0.05) is 0 Å². The summed E-state index contributed by atoms with van der Waals surface area (Å²) in [7, 11) is 0. The van der Waals surface area contributed by atoms with Crippen molar-refractivity contribution in [3.05, 3.63) is 65.5 Å². The van der Waals surface area contributed by atoms with Crippen LogP contribution in [0.5, 0.6) is 0 Å². The van der Waals surface area contributed by atoms with Crippen LogP contribution in [-0.4, -0.2) is 6.21 Å². The van der Waals surface area contributed by atoms with Crippen LogP contribution in [0.25, 0.3) is 0 Å². The Labute approximate surface area is 99.0 Å². The number of anilines is 1. The molecule has 0 amide bonds. The summed E-state index contributed by atoms with van der Waals surface area (Å²) in [6.07, 6.45) is 1.77. The standard InChI is InChI=1S/C14H11FN2/c15-13-7-3-4-8-14(13)17-10-12-6-2-1-5-11(12)9-16-17/h1-9H,10H2. The van der Waals surface area contributed by atoms with Crippen LogP contribution in [0.1, 0.15) is 11.1 Å². The molecule has 1 heterocycles. The van der Waals surface area contributed by atoms with Crippen molar-refractivity contribution in [2.45, 2.75) is 6.54 Å². The SMILES string of the molecule is Fc1ccccc1N1Cc2ccccc2C=N1. The Balaban J connectivity index is 1.98. The lowest BCUT2D eigenvalue weighted by atomic mass is 10.1. The van der Waals surface area contributed by atoms with Gasteiger partial charge in [-0.3, -0.25) is 5.01 Å². The number of hydrogen-bond acceptors (Lipinski definition) is 2. The largest absolute Gasteiger partial charge is 0.258 e. The lowest BCUT2D eigenvalue weighted by Gasteiger charge is -2.24. The fourth-order valence-corrected chi connectivity index (χ4v) is 1.95. The first-order valence-corrected chi connectivity index (χ1v) is 5.48. The molecular formula is C14H11FN2. The summed E-state index contributed by atoms with van der Waals surface area (Å²) in [4.78, 5) is 0. The van der Waals surface area contributed by atoms with E-state index in [1.165, 1.54) is 6.07 Å². The third-order valence-electron chi connectivity index (χ3n) is 2.84. The molecule has 84 valence electrons. The molecule has 0 saturated heterocycles. The predicted molar refractivity (Wildman–Crippen MR) is 66.6 cm³/mol. The summed E-state index contributed by atoms with van der Waals surface area (Å²) in [5.74, 6) is -0.246. The molecular weight excluding hydrogens is 215 g/mol. The minimum Gasteiger partial charge on any atom is -0.258 e. The summed E-state index contributed by atoms with van der Waals surface area (Å²) in [5, 5.41) is 5.95. The number of hydrogen-bond donors (Lipinski definition) is 0. The molecule has 3 heteroatoms. The van der Waals surface area contributed by atoms with E-state index in [1.807, 2.05) is 30.3 Å². The first-order valence-electron chi connectivity index (χ1n) is 5.48. The van der Waals surface area contributed by atoms with Crippen LogP contribution in [0.15, 0.2) is 53.6 Å². The van der Waals surface area contributed by atoms with Crippen molar-refractivity contribution in [1.82, 2.24) is 0 Å². The maximum atomic E-state index is 13.6. The van der Waals surface area contributed by atoms with Gasteiger partial charge in [-0.1, -0.05) is 36.4 Å². The van der Waals surface area contributed by atoms with Gasteiger partial charge in [0.2, 0.25) is 0 Å². The van der Waals surface area contributed by atoms with E-state index in [1.54, 1.807) is 23.4 Å². The lowest BCUT2D eigenvalue weighted by Crippen LogP contribution is -2.21. The molecule has 0 atom stereocenters. The molecule has 1 aliphatic rings. The van der Waals surface area contributed by atoms with Gasteiger partial charge in [0.05, 0.1) is 18.4 Å². The molecule has 1 aliphatic heterocycles. The van der Waals surface area contributed by atoms with Gasteiger partial charge in [0.1, 0.15) is 5.82 Å². The first kappa shape index (κ1) is 10.0. The number of halogens is 1. The van der Waals surface area contributed by atoms with Crippen LogP contribution >= 0.6 is 0 Å². The maximum absolute atomic E-state index is 13.6. The van der Waals surface area contributed by atoms with Crippen LogP contribution in [0.4, 0.5) is 10.1 Å². The molecule has 2 aromatic rings. The van der Waals surface area contributed by atoms with Gasteiger partial charge < -0.3 is 0 Å². The third kappa shape index (κ3) is 1.80. The maximum Gasteiger partial charge on any atom is 0.148 e. The number of hydrazone groups is 1. The Morgan fingerprint density at radius 3 is 2.65 bits per heavy atom. The molecule has 0 aromatic heterocycles. The monoisotopic (exact) mass is 226 g/mol. The molecule has 2 aromatic carbocycles. The van der Waals surface area contributed by atoms with Gasteiger partial charge >= 0.3 is 0 Å². The highest BCUT2D eigenvalue weighted by Crippen LogP contribution is 2.24. The molecule has 0 fully saturated rings. The summed E-state index contributed by atoms with van der Waals surface area (Å²) >= 11 is 0. The fraction of sp³-hybridized carbons (Fsp3) is 0.0714. The van der Waals surface area contributed by atoms with Crippen molar-refractivity contribution in [3.63, 3.8) is 0 Å². The summed E-state index contributed by atoms with van der Waals surface area (Å²) < 4.78 is 13.6. The van der Waals surface area contributed by atoms with Crippen molar-refractivity contribution in [2.75, 3.05) is 5.01 Å². The zero-order chi connectivity index (χ0) is 11.7. The van der Waals surface area contributed by atoms with E-state index in [4.69, 9.17) is 0 Å². The van der Waals surface area contributed by atoms with Crippen molar-refractivity contribution in [2.24, 2.45) is 5.10 Å². The average Bonchev–Trinajstić information content (AvgIpc) is 2.39. The van der Waals surface area contributed by atoms with E-state index in [0.717, 1.165) is 11.1 Å². The highest BCUT2D eigenvalue weighted by atomic mass is 19.1. The Bertz CT molecular complexity index is 578. The Morgan fingerprint density at radius 2 is 1.76 bits per heavy atom. The van der Waals surface area contributed by atoms with E-state index in [0.29, 0.717) is 12.2 Å². The van der Waals surface area contributed by atoms with Gasteiger partial charge in [-0.05, 0) is 23.3 Å². The van der Waals surface area contributed by atoms with Crippen molar-refractivity contribution >= 4 is 11.9 Å². The number of para-hydroxylation sites is 1. The Morgan fingerprint density at radius 1 is 1.00 bits per heavy atom. The van der Waals surface area contributed by atoms with E-state index < -0.39 is 0 Å². The topological polar surface area (TPSA) is 15.6 Å². The van der Waals surface area contributed by atoms with Gasteiger partial charge in [-0.2, -0.15) is 5.10 Å². The number of fused-ring (bicyclic) bond motifs is 1. The second-order valence-electron chi connectivity index (χ2n) is 3.95. The molecule has 17 heavy (non-hydrogen) atoms. The lowest BCUT2D eigenvalue weighted by molar-refractivity contribution is 0.618. The van der Waals surface area contributed by atoms with Crippen molar-refractivity contribution in [3.8, 4) is 0 Å². The van der Waals surface area contributed by atoms with Crippen LogP contribution < -0.4 is 5.01 Å². The number of benzene rings is 2. The molecule has 0 aliphatic carbocycles. The Hall–Kier alpha value is -2.16. The molecule has 2 nitrogen and oxygen atoms in total. The molecule has 0 radical (unpaired) electrons. The van der Waals surface area contributed by atoms with Crippen LogP contribution in [-0.2, 0) is 6.54 Å². The summed E-state index contributed by atoms with van der Waals surface area (Å²) in [6, 6.07) is 14.7. The van der Waals surface area contributed by atoms with Crippen molar-refractivity contribution < 1.29 is 4.39 Å². The Kier molecular flexibility index (Phi) is 2.37. The third-order valence-corrected chi connectivity index (χ3v) is 2.84. The summed E-state index contributed by atoms with van der Waals surface area (Å²) in [5.41, 5.74) is 2.77. The van der Waals surface area contributed by atoms with Crippen LogP contribution in [0.2, 0.25) is 0 Å². The van der Waals surface area contributed by atoms with Gasteiger partial charge in [-0.25, -0.2) is 4.39 Å². The molecule has 0 unspecified atom stereocenters. The molecule has 0 spiro atoms. The van der Waals surface area contributed by atoms with Crippen LogP contribution in [0, 0.1) is 5.82 Å². The predicted octanol–water partition coefficient (Wildman–Crippen LogP) is 3.18. The second kappa shape index (κ2) is 4.01. The minimum atomic E-state index is -0.246. The highest BCUT2D eigenvalue weighted by Gasteiger charge is 2.15. The zero-order valence-corrected chi connectivity index (χ0v) is 9.18. The van der Waals surface area contributed by atoms with Gasteiger partial charge in [0.25, 0.3) is 0 Å². The summed E-state index contributed by atoms with van der Waals surface area (Å²) in [6.45, 7) is 0.605. The fourth-order valence-electron chi connectivity index (χ4n) is 1.95. The van der Waals surface area contributed by atoms with E-state index >= 15 is 0 Å². The van der Waals surface area contributed by atoms with E-state index in [-0.39, 0.29) is 5.82 Å². The van der Waals surface area contributed by atoms with Crippen molar-refractivity contribution in [1.29, 1.82) is 0 Å². The van der Waals surface area contributed by atoms with E-state index in [9.17, 15) is 4.39 Å². The average molecular weight is 226 g/mol. The zero-order valence-electron chi connectivity index (χ0n) is 9.18. The van der Waals surface area contributed by atoms with Gasteiger partial charge in [-0.15, -0.1) is 0 Å². The number of nitrogens with zero attached hydrogens (tertiary/aromatic N) is 2. The molecule has 0 N–H and O–H groups in total. The molecule has 0 bridgehead atoms. The molecule has 3 rings (SSSR count). The van der Waals surface area contributed by atoms with E-state index in [2.05, 4.69) is 5.10 Å². The smallest absolute Gasteiger partial charge is 0.148 e. The number of rotatable bonds is 1. The normalized spacial score (nSPS) is 13.6.